The van der Waals surface area contributed by atoms with Gasteiger partial charge in [-0.25, -0.2) is 4.79 Å². The van der Waals surface area contributed by atoms with Crippen LogP contribution >= 0.6 is 0 Å². The number of nitrogens with zero attached hydrogens (tertiary/aromatic N) is 1. The van der Waals surface area contributed by atoms with Crippen LogP contribution in [0.3, 0.4) is 0 Å². The molecular weight excluding hydrogens is 304 g/mol. The van der Waals surface area contributed by atoms with E-state index in [4.69, 9.17) is 4.74 Å². The summed E-state index contributed by atoms with van der Waals surface area (Å²) < 4.78 is 4.82. The lowest BCUT2D eigenvalue weighted by molar-refractivity contribution is 0.0599. The zero-order valence-electron chi connectivity index (χ0n) is 14.5. The van der Waals surface area contributed by atoms with E-state index in [1.165, 1.54) is 12.7 Å². The highest BCUT2D eigenvalue weighted by Gasteiger charge is 2.31. The van der Waals surface area contributed by atoms with Crippen LogP contribution in [-0.4, -0.2) is 36.4 Å². The summed E-state index contributed by atoms with van der Waals surface area (Å²) in [6, 6.07) is 7.88. The van der Waals surface area contributed by atoms with Crippen LogP contribution < -0.4 is 4.90 Å². The molecule has 1 aromatic carbocycles. The third kappa shape index (κ3) is 2.50. The number of methoxy groups -OCH3 is 1. The molecule has 0 fully saturated rings. The van der Waals surface area contributed by atoms with E-state index in [-0.39, 0.29) is 11.8 Å². The topological polar surface area (TPSA) is 62.4 Å². The van der Waals surface area contributed by atoms with Crippen molar-refractivity contribution < 1.29 is 14.3 Å². The first-order valence-corrected chi connectivity index (χ1v) is 8.12. The summed E-state index contributed by atoms with van der Waals surface area (Å²) in [5.41, 5.74) is 4.65. The summed E-state index contributed by atoms with van der Waals surface area (Å²) in [7, 11) is 1.35. The Labute approximate surface area is 141 Å². The molecule has 1 N–H and O–H groups in total. The number of esters is 1. The number of aryl methyl sites for hydroxylation is 1. The molecule has 0 saturated heterocycles. The van der Waals surface area contributed by atoms with Crippen molar-refractivity contribution in [3.63, 3.8) is 0 Å². The number of aromatic nitrogens is 1. The van der Waals surface area contributed by atoms with Crippen molar-refractivity contribution in [1.29, 1.82) is 0 Å². The van der Waals surface area contributed by atoms with E-state index in [0.717, 1.165) is 18.7 Å². The number of rotatable bonds is 4. The van der Waals surface area contributed by atoms with Crippen LogP contribution in [0.15, 0.2) is 24.3 Å². The van der Waals surface area contributed by atoms with Crippen LogP contribution in [0.25, 0.3) is 0 Å². The summed E-state index contributed by atoms with van der Waals surface area (Å²) in [6.07, 6.45) is 0.948. The van der Waals surface area contributed by atoms with Gasteiger partial charge in [0, 0.05) is 17.9 Å². The van der Waals surface area contributed by atoms with E-state index < -0.39 is 5.97 Å². The monoisotopic (exact) mass is 326 g/mol. The molecule has 1 aromatic heterocycles. The fourth-order valence-corrected chi connectivity index (χ4v) is 3.52. The number of Topliss-reactive ketones (excluding diaryl/α,β-unsaturated/α-hetero) is 1. The normalized spacial score (nSPS) is 14.4. The first-order chi connectivity index (χ1) is 11.5. The van der Waals surface area contributed by atoms with Gasteiger partial charge in [0.1, 0.15) is 0 Å². The van der Waals surface area contributed by atoms with Crippen LogP contribution in [0, 0.1) is 13.8 Å². The molecule has 1 atom stereocenters. The molecule has 0 spiro atoms. The maximum Gasteiger partial charge on any atom is 0.339 e. The van der Waals surface area contributed by atoms with Crippen LogP contribution in [0.2, 0.25) is 0 Å². The molecule has 1 aliphatic rings. The molecule has 0 unspecified atom stereocenters. The highest BCUT2D eigenvalue weighted by molar-refractivity contribution is 6.05. The summed E-state index contributed by atoms with van der Waals surface area (Å²) in [5, 5.41) is 0. The van der Waals surface area contributed by atoms with Crippen LogP contribution in [0.1, 0.15) is 44.6 Å². The van der Waals surface area contributed by atoms with Crippen molar-refractivity contribution in [2.45, 2.75) is 33.2 Å². The number of hydrogen-bond acceptors (Lipinski definition) is 4. The molecule has 24 heavy (non-hydrogen) atoms. The van der Waals surface area contributed by atoms with E-state index in [1.54, 1.807) is 13.8 Å². The Morgan fingerprint density at radius 1 is 1.25 bits per heavy atom. The average molecular weight is 326 g/mol. The van der Waals surface area contributed by atoms with E-state index in [2.05, 4.69) is 22.0 Å². The number of ether oxygens (including phenoxy) is 1. The van der Waals surface area contributed by atoms with Crippen LogP contribution in [0.4, 0.5) is 5.69 Å². The standard InChI is InChI=1S/C19H22N2O3/c1-11-16(19(23)24-4)12(2)20-17(11)18(22)13(3)21-10-9-14-7-5-6-8-15(14)21/h5-8,13,20H,9-10H2,1-4H3/t13-/m0/s1. The Bertz CT molecular complexity index is 807. The van der Waals surface area contributed by atoms with Gasteiger partial charge in [0.05, 0.1) is 24.4 Å². The number of fused-ring (bicyclic) bond motifs is 1. The van der Waals surface area contributed by atoms with Crippen molar-refractivity contribution in [2.24, 2.45) is 0 Å². The van der Waals surface area contributed by atoms with Crippen molar-refractivity contribution in [2.75, 3.05) is 18.6 Å². The Morgan fingerprint density at radius 2 is 1.96 bits per heavy atom. The van der Waals surface area contributed by atoms with Gasteiger partial charge in [0.25, 0.3) is 0 Å². The molecule has 3 rings (SSSR count). The predicted octanol–water partition coefficient (Wildman–Crippen LogP) is 3.05. The lowest BCUT2D eigenvalue weighted by Gasteiger charge is -2.26. The third-order valence-electron chi connectivity index (χ3n) is 4.84. The largest absolute Gasteiger partial charge is 0.465 e. The smallest absolute Gasteiger partial charge is 0.339 e. The van der Waals surface area contributed by atoms with Gasteiger partial charge >= 0.3 is 5.97 Å². The van der Waals surface area contributed by atoms with Gasteiger partial charge in [-0.15, -0.1) is 0 Å². The molecular formula is C19H22N2O3. The Balaban J connectivity index is 1.92. The number of aromatic amines is 1. The summed E-state index contributed by atoms with van der Waals surface area (Å²) >= 11 is 0. The molecule has 0 amide bonds. The van der Waals surface area contributed by atoms with E-state index in [0.29, 0.717) is 22.5 Å². The number of nitrogens with one attached hydrogen (secondary N) is 1. The quantitative estimate of drug-likeness (QED) is 0.693. The number of ketones is 1. The Hall–Kier alpha value is -2.56. The van der Waals surface area contributed by atoms with Gasteiger partial charge in [-0.1, -0.05) is 18.2 Å². The SMILES string of the molecule is COC(=O)c1c(C)[nH]c(C(=O)[C@H](C)N2CCc3ccccc32)c1C. The highest BCUT2D eigenvalue weighted by atomic mass is 16.5. The minimum absolute atomic E-state index is 0.0116. The fourth-order valence-electron chi connectivity index (χ4n) is 3.52. The van der Waals surface area contributed by atoms with E-state index in [9.17, 15) is 9.59 Å². The van der Waals surface area contributed by atoms with Gasteiger partial charge in [-0.2, -0.15) is 0 Å². The number of carbonyl (C=O) groups is 2. The van der Waals surface area contributed by atoms with Crippen molar-refractivity contribution in [3.8, 4) is 0 Å². The summed E-state index contributed by atoms with van der Waals surface area (Å²) in [6.45, 7) is 6.31. The molecule has 2 aromatic rings. The number of hydrogen-bond donors (Lipinski definition) is 1. The molecule has 0 bridgehead atoms. The zero-order valence-corrected chi connectivity index (χ0v) is 14.5. The molecule has 0 radical (unpaired) electrons. The molecule has 0 saturated carbocycles. The second-order valence-electron chi connectivity index (χ2n) is 6.23. The lowest BCUT2D eigenvalue weighted by Crippen LogP contribution is -2.38. The molecule has 5 heteroatoms. The molecule has 0 aliphatic carbocycles. The maximum absolute atomic E-state index is 13.0. The summed E-state index contributed by atoms with van der Waals surface area (Å²) in [5.74, 6) is -0.429. The van der Waals surface area contributed by atoms with Gasteiger partial charge in [-0.3, -0.25) is 4.79 Å². The Morgan fingerprint density at radius 3 is 2.67 bits per heavy atom. The van der Waals surface area contributed by atoms with Crippen molar-refractivity contribution in [1.82, 2.24) is 4.98 Å². The average Bonchev–Trinajstić information content (AvgIpc) is 3.14. The second kappa shape index (κ2) is 6.15. The van der Waals surface area contributed by atoms with Gasteiger partial charge in [0.15, 0.2) is 0 Å². The number of benzene rings is 1. The zero-order chi connectivity index (χ0) is 17.4. The minimum Gasteiger partial charge on any atom is -0.465 e. The third-order valence-corrected chi connectivity index (χ3v) is 4.84. The highest BCUT2D eigenvalue weighted by Crippen LogP contribution is 2.31. The maximum atomic E-state index is 13.0. The van der Waals surface area contributed by atoms with Crippen molar-refractivity contribution >= 4 is 17.4 Å². The lowest BCUT2D eigenvalue weighted by atomic mass is 10.0. The number of carbonyl (C=O) groups excluding carboxylic acids is 2. The van der Waals surface area contributed by atoms with Gasteiger partial charge in [0.2, 0.25) is 5.78 Å². The minimum atomic E-state index is -0.417. The molecule has 1 aliphatic heterocycles. The van der Waals surface area contributed by atoms with Gasteiger partial charge in [-0.05, 0) is 44.4 Å². The number of anilines is 1. The first-order valence-electron chi connectivity index (χ1n) is 8.12. The second-order valence-corrected chi connectivity index (χ2v) is 6.23. The fraction of sp³-hybridized carbons (Fsp3) is 0.368. The molecule has 126 valence electrons. The summed E-state index contributed by atoms with van der Waals surface area (Å²) in [4.78, 5) is 30.1. The van der Waals surface area contributed by atoms with Gasteiger partial charge < -0.3 is 14.6 Å². The molecule has 2 heterocycles. The Kier molecular flexibility index (Phi) is 4.18. The van der Waals surface area contributed by atoms with Crippen LogP contribution in [0.5, 0.6) is 0 Å². The number of para-hydroxylation sites is 1. The van der Waals surface area contributed by atoms with Crippen molar-refractivity contribution in [3.05, 3.63) is 52.3 Å². The predicted molar refractivity (Wildman–Crippen MR) is 92.9 cm³/mol. The van der Waals surface area contributed by atoms with Crippen LogP contribution in [-0.2, 0) is 11.2 Å². The van der Waals surface area contributed by atoms with E-state index >= 15 is 0 Å². The first kappa shape index (κ1) is 16.3. The number of H-pyrrole nitrogens is 1. The molecule has 5 nitrogen and oxygen atoms in total. The van der Waals surface area contributed by atoms with E-state index in [1.807, 2.05) is 19.1 Å².